The van der Waals surface area contributed by atoms with E-state index in [0.717, 1.165) is 25.9 Å². The van der Waals surface area contributed by atoms with E-state index in [1.165, 1.54) is 6.26 Å². The van der Waals surface area contributed by atoms with Gasteiger partial charge < -0.3 is 19.5 Å². The molecule has 0 aromatic carbocycles. The second kappa shape index (κ2) is 9.23. The predicted molar refractivity (Wildman–Crippen MR) is 104 cm³/mol. The molecule has 1 aromatic rings. The Morgan fingerprint density at radius 3 is 2.29 bits per heavy atom. The van der Waals surface area contributed by atoms with Gasteiger partial charge in [-0.25, -0.2) is 0 Å². The van der Waals surface area contributed by atoms with Crippen molar-refractivity contribution in [1.29, 1.82) is 0 Å². The summed E-state index contributed by atoms with van der Waals surface area (Å²) in [6, 6.07) is 2.62. The summed E-state index contributed by atoms with van der Waals surface area (Å²) >= 11 is 0. The number of amides is 3. The molecular weight excluding hydrogens is 360 g/mol. The van der Waals surface area contributed by atoms with Gasteiger partial charge in [0.1, 0.15) is 6.04 Å². The molecule has 8 heteroatoms. The number of nitrogens with zero attached hydrogens (tertiary/aromatic N) is 3. The first-order valence-corrected chi connectivity index (χ1v) is 10.1. The van der Waals surface area contributed by atoms with E-state index in [-0.39, 0.29) is 29.4 Å². The van der Waals surface area contributed by atoms with Gasteiger partial charge in [-0.05, 0) is 30.9 Å². The van der Waals surface area contributed by atoms with Gasteiger partial charge in [-0.15, -0.1) is 0 Å². The number of piperazine rings is 1. The summed E-state index contributed by atoms with van der Waals surface area (Å²) < 4.78 is 5.11. The van der Waals surface area contributed by atoms with Crippen molar-refractivity contribution in [1.82, 2.24) is 20.0 Å². The molecule has 1 unspecified atom stereocenters. The largest absolute Gasteiger partial charge is 0.459 e. The van der Waals surface area contributed by atoms with E-state index in [1.54, 1.807) is 17.0 Å². The van der Waals surface area contributed by atoms with Crippen molar-refractivity contribution in [3.8, 4) is 0 Å². The van der Waals surface area contributed by atoms with Crippen molar-refractivity contribution >= 4 is 17.7 Å². The molecule has 2 fully saturated rings. The molecule has 3 rings (SSSR count). The molecule has 154 valence electrons. The van der Waals surface area contributed by atoms with Gasteiger partial charge in [0.05, 0.1) is 12.8 Å². The Kier molecular flexibility index (Phi) is 6.72. The Morgan fingerprint density at radius 2 is 1.71 bits per heavy atom. The summed E-state index contributed by atoms with van der Waals surface area (Å²) in [7, 11) is 0. The van der Waals surface area contributed by atoms with Crippen molar-refractivity contribution in [2.45, 2.75) is 32.7 Å². The molecule has 1 aromatic heterocycles. The highest BCUT2D eigenvalue weighted by Gasteiger charge is 2.32. The van der Waals surface area contributed by atoms with Gasteiger partial charge in [0, 0.05) is 39.3 Å². The number of carbonyl (C=O) groups excluding carboxylic acids is 3. The molecule has 3 heterocycles. The van der Waals surface area contributed by atoms with Crippen LogP contribution >= 0.6 is 0 Å². The monoisotopic (exact) mass is 390 g/mol. The summed E-state index contributed by atoms with van der Waals surface area (Å²) in [6.45, 7) is 8.44. The summed E-state index contributed by atoms with van der Waals surface area (Å²) in [5, 5.41) is 2.80. The Morgan fingerprint density at radius 1 is 1.04 bits per heavy atom. The predicted octanol–water partition coefficient (Wildman–Crippen LogP) is 0.801. The third-order valence-electron chi connectivity index (χ3n) is 5.47. The van der Waals surface area contributed by atoms with Crippen molar-refractivity contribution in [2.75, 3.05) is 45.8 Å². The van der Waals surface area contributed by atoms with Crippen LogP contribution in [0.25, 0.3) is 0 Å². The summed E-state index contributed by atoms with van der Waals surface area (Å²) in [6.07, 6.45) is 3.62. The van der Waals surface area contributed by atoms with Gasteiger partial charge in [0.15, 0.2) is 5.76 Å². The normalized spacial score (nSPS) is 19.1. The topological polar surface area (TPSA) is 86.1 Å². The number of hydrogen-bond donors (Lipinski definition) is 1. The zero-order chi connectivity index (χ0) is 20.1. The molecule has 28 heavy (non-hydrogen) atoms. The number of nitrogens with one attached hydrogen (secondary N) is 1. The van der Waals surface area contributed by atoms with Gasteiger partial charge in [-0.1, -0.05) is 13.8 Å². The Bertz CT molecular complexity index is 674. The van der Waals surface area contributed by atoms with E-state index in [4.69, 9.17) is 4.42 Å². The van der Waals surface area contributed by atoms with E-state index >= 15 is 0 Å². The Balaban J connectivity index is 1.50. The number of carbonyl (C=O) groups is 3. The first-order chi connectivity index (χ1) is 13.5. The minimum atomic E-state index is -0.601. The molecule has 2 aliphatic heterocycles. The van der Waals surface area contributed by atoms with E-state index < -0.39 is 6.04 Å². The smallest absolute Gasteiger partial charge is 0.287 e. The molecular formula is C20H30N4O4. The van der Waals surface area contributed by atoms with E-state index in [0.29, 0.717) is 32.7 Å². The third-order valence-corrected chi connectivity index (χ3v) is 5.47. The first-order valence-electron chi connectivity index (χ1n) is 10.1. The van der Waals surface area contributed by atoms with E-state index in [2.05, 4.69) is 10.2 Å². The fraction of sp³-hybridized carbons (Fsp3) is 0.650. The average molecular weight is 390 g/mol. The molecule has 0 saturated carbocycles. The summed E-state index contributed by atoms with van der Waals surface area (Å²) in [5.74, 6) is -0.125. The van der Waals surface area contributed by atoms with Crippen molar-refractivity contribution < 1.29 is 18.8 Å². The quantitative estimate of drug-likeness (QED) is 0.777. The average Bonchev–Trinajstić information content (AvgIpc) is 3.39. The maximum Gasteiger partial charge on any atom is 0.287 e. The highest BCUT2D eigenvalue weighted by atomic mass is 16.3. The molecule has 0 radical (unpaired) electrons. The third kappa shape index (κ3) is 4.92. The molecule has 8 nitrogen and oxygen atoms in total. The van der Waals surface area contributed by atoms with Gasteiger partial charge >= 0.3 is 0 Å². The first kappa shape index (κ1) is 20.4. The van der Waals surface area contributed by atoms with Crippen LogP contribution in [0.1, 0.15) is 37.2 Å². The standard InChI is InChI=1S/C20H30N4O4/c1-15(2)18(21-19(26)16-6-5-13-28-16)20(27)24-11-9-22(10-12-24)14-17(25)23-7-3-4-8-23/h5-6,13,15,18H,3-4,7-12,14H2,1-2H3,(H,21,26). The lowest BCUT2D eigenvalue weighted by Crippen LogP contribution is -2.57. The summed E-state index contributed by atoms with van der Waals surface area (Å²) in [4.78, 5) is 43.4. The maximum absolute atomic E-state index is 13.0. The van der Waals surface area contributed by atoms with Gasteiger partial charge in [0.25, 0.3) is 5.91 Å². The van der Waals surface area contributed by atoms with Gasteiger partial charge in [-0.2, -0.15) is 0 Å². The number of furan rings is 1. The van der Waals surface area contributed by atoms with E-state index in [1.807, 2.05) is 18.7 Å². The van der Waals surface area contributed by atoms with Gasteiger partial charge in [0.2, 0.25) is 11.8 Å². The highest BCUT2D eigenvalue weighted by molar-refractivity contribution is 5.95. The Hall–Kier alpha value is -2.35. The lowest BCUT2D eigenvalue weighted by molar-refractivity contribution is -0.137. The number of likely N-dealkylation sites (tertiary alicyclic amines) is 1. The van der Waals surface area contributed by atoms with Crippen molar-refractivity contribution in [2.24, 2.45) is 5.92 Å². The lowest BCUT2D eigenvalue weighted by Gasteiger charge is -2.37. The van der Waals surface area contributed by atoms with Crippen molar-refractivity contribution in [3.63, 3.8) is 0 Å². The zero-order valence-electron chi connectivity index (χ0n) is 16.7. The van der Waals surface area contributed by atoms with Gasteiger partial charge in [-0.3, -0.25) is 19.3 Å². The van der Waals surface area contributed by atoms with Crippen LogP contribution in [0.4, 0.5) is 0 Å². The summed E-state index contributed by atoms with van der Waals surface area (Å²) in [5.41, 5.74) is 0. The molecule has 3 amide bonds. The van der Waals surface area contributed by atoms with Crippen LogP contribution in [-0.4, -0.2) is 84.3 Å². The van der Waals surface area contributed by atoms with Crippen LogP contribution in [0.2, 0.25) is 0 Å². The minimum absolute atomic E-state index is 0.0406. The maximum atomic E-state index is 13.0. The molecule has 0 spiro atoms. The fourth-order valence-corrected chi connectivity index (χ4v) is 3.71. The number of rotatable bonds is 6. The highest BCUT2D eigenvalue weighted by Crippen LogP contribution is 2.13. The number of hydrogen-bond acceptors (Lipinski definition) is 5. The van der Waals surface area contributed by atoms with Crippen LogP contribution in [-0.2, 0) is 9.59 Å². The molecule has 0 aliphatic carbocycles. The minimum Gasteiger partial charge on any atom is -0.459 e. The fourth-order valence-electron chi connectivity index (χ4n) is 3.71. The molecule has 2 aliphatic rings. The SMILES string of the molecule is CC(C)C(NC(=O)c1ccco1)C(=O)N1CCN(CC(=O)N2CCCC2)CC1. The van der Waals surface area contributed by atoms with Crippen LogP contribution in [0, 0.1) is 5.92 Å². The Labute approximate surface area is 165 Å². The zero-order valence-corrected chi connectivity index (χ0v) is 16.7. The second-order valence-corrected chi connectivity index (χ2v) is 7.86. The molecule has 2 saturated heterocycles. The van der Waals surface area contributed by atoms with Crippen LogP contribution in [0.3, 0.4) is 0 Å². The lowest BCUT2D eigenvalue weighted by atomic mass is 10.0. The van der Waals surface area contributed by atoms with E-state index in [9.17, 15) is 14.4 Å². The van der Waals surface area contributed by atoms with Crippen LogP contribution in [0.15, 0.2) is 22.8 Å². The van der Waals surface area contributed by atoms with Crippen LogP contribution < -0.4 is 5.32 Å². The second-order valence-electron chi connectivity index (χ2n) is 7.86. The molecule has 1 N–H and O–H groups in total. The van der Waals surface area contributed by atoms with Crippen LogP contribution in [0.5, 0.6) is 0 Å². The molecule has 0 bridgehead atoms. The molecule has 1 atom stereocenters. The van der Waals surface area contributed by atoms with Crippen molar-refractivity contribution in [3.05, 3.63) is 24.2 Å².